The maximum Gasteiger partial charge on any atom is 0.0222 e. The highest BCUT2D eigenvalue weighted by Gasteiger charge is 1.98. The second-order valence-corrected chi connectivity index (χ2v) is 17.2. The van der Waals surface area contributed by atoms with Crippen molar-refractivity contribution in [3.05, 3.63) is 0 Å². The molecule has 0 nitrogen and oxygen atoms in total. The van der Waals surface area contributed by atoms with Gasteiger partial charge in [0.25, 0.3) is 0 Å². The zero-order chi connectivity index (χ0) is 35.2. The highest BCUT2D eigenvalue weighted by molar-refractivity contribution is 6.08. The van der Waals surface area contributed by atoms with E-state index >= 15 is 0 Å². The Hall–Kier alpha value is 0.217. The predicted octanol–water partition coefficient (Wildman–Crippen LogP) is 18.5. The van der Waals surface area contributed by atoms with Crippen molar-refractivity contribution in [2.75, 3.05) is 0 Å². The fourth-order valence-electron chi connectivity index (χ4n) is 7.98. The third-order valence-corrected chi connectivity index (χ3v) is 11.9. The summed E-state index contributed by atoms with van der Waals surface area (Å²) in [5.74, 6) is 0. The van der Waals surface area contributed by atoms with Crippen molar-refractivity contribution in [2.45, 2.75) is 308 Å². The molecule has 0 fully saturated rings. The lowest BCUT2D eigenvalue weighted by Gasteiger charge is -2.05. The Morgan fingerprint density at radius 2 is 0.265 bits per heavy atom. The number of hydrogen-bond acceptors (Lipinski definition) is 0. The first-order valence-electron chi connectivity index (χ1n) is 24.1. The van der Waals surface area contributed by atoms with Crippen LogP contribution in [0.2, 0.25) is 6.04 Å². The van der Waals surface area contributed by atoms with Gasteiger partial charge in [0.05, 0.1) is 0 Å². The first-order chi connectivity index (χ1) is 24.4. The van der Waals surface area contributed by atoms with Crippen LogP contribution in [0.3, 0.4) is 0 Å². The van der Waals surface area contributed by atoms with Gasteiger partial charge in [0, 0.05) is 10.2 Å². The van der Waals surface area contributed by atoms with Crippen LogP contribution in [0, 0.1) is 0 Å². The Labute approximate surface area is 317 Å². The molecule has 1 heteroatoms. The van der Waals surface area contributed by atoms with Gasteiger partial charge < -0.3 is 0 Å². The van der Waals surface area contributed by atoms with Crippen molar-refractivity contribution in [3.63, 3.8) is 0 Å². The summed E-state index contributed by atoms with van der Waals surface area (Å²) >= 11 is 0. The second kappa shape index (κ2) is 48.2. The minimum absolute atomic E-state index is 1.18. The normalized spacial score (nSPS) is 11.6. The van der Waals surface area contributed by atoms with Crippen LogP contribution in [-0.2, 0) is 0 Å². The standard InChI is InChI=1S/C48H97Si/c1-2-3-4-5-6-7-8-9-10-11-12-13-14-15-16-17-18-19-20-21-22-23-24-25-26-27-28-29-30-31-32-33-34-35-36-37-38-39-40-41-42-43-44-45-46-47-48-49/h2-48H2,1H3. The summed E-state index contributed by atoms with van der Waals surface area (Å²) in [6, 6.07) is 1.18. The molecule has 49 heavy (non-hydrogen) atoms. The maximum atomic E-state index is 3.58. The van der Waals surface area contributed by atoms with E-state index in [4.69, 9.17) is 0 Å². The molecule has 0 rings (SSSR count). The van der Waals surface area contributed by atoms with E-state index in [-0.39, 0.29) is 0 Å². The van der Waals surface area contributed by atoms with E-state index in [1.54, 1.807) is 0 Å². The Kier molecular flexibility index (Phi) is 48.4. The van der Waals surface area contributed by atoms with Crippen molar-refractivity contribution in [1.82, 2.24) is 0 Å². The molecule has 0 bridgehead atoms. The first-order valence-corrected chi connectivity index (χ1v) is 24.8. The van der Waals surface area contributed by atoms with Crippen LogP contribution < -0.4 is 0 Å². The average molecular weight is 702 g/mol. The van der Waals surface area contributed by atoms with Crippen LogP contribution >= 0.6 is 0 Å². The largest absolute Gasteiger partial charge is 0.0654 e. The molecule has 0 aliphatic carbocycles. The molecule has 0 saturated carbocycles. The number of unbranched alkanes of at least 4 members (excludes halogenated alkanes) is 45. The van der Waals surface area contributed by atoms with E-state index in [0.717, 1.165) is 0 Å². The van der Waals surface area contributed by atoms with Crippen LogP contribution in [0.5, 0.6) is 0 Å². The molecule has 0 saturated heterocycles. The van der Waals surface area contributed by atoms with Gasteiger partial charge in [-0.1, -0.05) is 308 Å². The molecule has 293 valence electrons. The molecule has 0 aromatic rings. The molecular formula is C48H97Si. The van der Waals surface area contributed by atoms with Gasteiger partial charge in [-0.2, -0.15) is 0 Å². The summed E-state index contributed by atoms with van der Waals surface area (Å²) in [4.78, 5) is 0. The van der Waals surface area contributed by atoms with E-state index < -0.39 is 0 Å². The van der Waals surface area contributed by atoms with E-state index in [0.29, 0.717) is 0 Å². The highest BCUT2D eigenvalue weighted by atomic mass is 28.1. The summed E-state index contributed by atoms with van der Waals surface area (Å²) in [6.45, 7) is 2.31. The Morgan fingerprint density at radius 3 is 0.367 bits per heavy atom. The molecular weight excluding hydrogens is 605 g/mol. The van der Waals surface area contributed by atoms with E-state index in [1.807, 2.05) is 0 Å². The molecule has 0 aromatic heterocycles. The molecule has 0 atom stereocenters. The van der Waals surface area contributed by atoms with Gasteiger partial charge in [-0.3, -0.25) is 0 Å². The average Bonchev–Trinajstić information content (AvgIpc) is 3.11. The zero-order valence-corrected chi connectivity index (χ0v) is 35.7. The summed E-state index contributed by atoms with van der Waals surface area (Å²) < 4.78 is 0. The molecule has 0 aromatic carbocycles. The lowest BCUT2D eigenvalue weighted by atomic mass is 10.0. The van der Waals surface area contributed by atoms with Gasteiger partial charge in [0.2, 0.25) is 0 Å². The molecule has 0 N–H and O–H groups in total. The third kappa shape index (κ3) is 48.2. The Bertz CT molecular complexity index is 483. The van der Waals surface area contributed by atoms with Crippen molar-refractivity contribution >= 4 is 10.2 Å². The van der Waals surface area contributed by atoms with Gasteiger partial charge in [0.1, 0.15) is 0 Å². The lowest BCUT2D eigenvalue weighted by Crippen LogP contribution is -1.85. The first kappa shape index (κ1) is 49.2. The summed E-state index contributed by atoms with van der Waals surface area (Å²) in [7, 11) is 3.58. The van der Waals surface area contributed by atoms with Gasteiger partial charge in [-0.05, 0) is 0 Å². The Morgan fingerprint density at radius 1 is 0.163 bits per heavy atom. The summed E-state index contributed by atoms with van der Waals surface area (Å²) in [6.07, 6.45) is 68.2. The molecule has 0 spiro atoms. The van der Waals surface area contributed by atoms with Crippen LogP contribution in [0.25, 0.3) is 0 Å². The van der Waals surface area contributed by atoms with Crippen LogP contribution in [0.15, 0.2) is 0 Å². The van der Waals surface area contributed by atoms with Gasteiger partial charge in [-0.15, -0.1) is 0 Å². The molecule has 0 heterocycles. The molecule has 0 unspecified atom stereocenters. The minimum Gasteiger partial charge on any atom is -0.0654 e. The van der Waals surface area contributed by atoms with Gasteiger partial charge in [-0.25, -0.2) is 0 Å². The fraction of sp³-hybridized carbons (Fsp3) is 1.00. The van der Waals surface area contributed by atoms with Gasteiger partial charge >= 0.3 is 0 Å². The molecule has 0 aliphatic heterocycles. The molecule has 0 aliphatic rings. The SMILES string of the molecule is CCCCCCCCCCCCCCCCCCCCCCCCCCCCCCCCCCCCCCCCCCCCCCCC[Si]. The predicted molar refractivity (Wildman–Crippen MR) is 229 cm³/mol. The second-order valence-electron chi connectivity index (χ2n) is 16.7. The maximum absolute atomic E-state index is 3.58. The van der Waals surface area contributed by atoms with Crippen molar-refractivity contribution < 1.29 is 0 Å². The van der Waals surface area contributed by atoms with Crippen molar-refractivity contribution in [2.24, 2.45) is 0 Å². The smallest absolute Gasteiger partial charge is 0.0222 e. The van der Waals surface area contributed by atoms with Crippen molar-refractivity contribution in [3.8, 4) is 0 Å². The molecule has 0 amide bonds. The third-order valence-electron chi connectivity index (χ3n) is 11.5. The number of hydrogen-bond donors (Lipinski definition) is 0. The zero-order valence-electron chi connectivity index (χ0n) is 34.7. The van der Waals surface area contributed by atoms with Crippen LogP contribution in [0.4, 0.5) is 0 Å². The van der Waals surface area contributed by atoms with Crippen LogP contribution in [0.1, 0.15) is 302 Å². The van der Waals surface area contributed by atoms with Crippen molar-refractivity contribution in [1.29, 1.82) is 0 Å². The fourth-order valence-corrected chi connectivity index (χ4v) is 8.23. The number of rotatable bonds is 46. The van der Waals surface area contributed by atoms with Gasteiger partial charge in [0.15, 0.2) is 0 Å². The Balaban J connectivity index is 3.04. The highest BCUT2D eigenvalue weighted by Crippen LogP contribution is 2.18. The monoisotopic (exact) mass is 702 g/mol. The van der Waals surface area contributed by atoms with E-state index in [9.17, 15) is 0 Å². The summed E-state index contributed by atoms with van der Waals surface area (Å²) in [5.41, 5.74) is 0. The topological polar surface area (TPSA) is 0 Å². The molecule has 3 radical (unpaired) electrons. The minimum atomic E-state index is 1.18. The lowest BCUT2D eigenvalue weighted by molar-refractivity contribution is 0.508. The van der Waals surface area contributed by atoms with E-state index in [1.165, 1.54) is 301 Å². The quantitative estimate of drug-likeness (QED) is 0.0438. The summed E-state index contributed by atoms with van der Waals surface area (Å²) in [5, 5.41) is 0. The van der Waals surface area contributed by atoms with E-state index in [2.05, 4.69) is 17.2 Å². The van der Waals surface area contributed by atoms with Crippen LogP contribution in [-0.4, -0.2) is 10.2 Å².